The molecule has 0 spiro atoms. The first-order chi connectivity index (χ1) is 12.4. The van der Waals surface area contributed by atoms with E-state index in [1.165, 1.54) is 0 Å². The van der Waals surface area contributed by atoms with E-state index in [4.69, 9.17) is 9.47 Å². The molecule has 0 saturated carbocycles. The predicted octanol–water partition coefficient (Wildman–Crippen LogP) is 1.53. The minimum atomic E-state index is -0.215. The Morgan fingerprint density at radius 1 is 1.27 bits per heavy atom. The van der Waals surface area contributed by atoms with Gasteiger partial charge in [-0.1, -0.05) is 12.1 Å². The zero-order valence-corrected chi connectivity index (χ0v) is 16.2. The molecule has 144 valence electrons. The zero-order valence-electron chi connectivity index (χ0n) is 16.2. The molecule has 1 saturated heterocycles. The van der Waals surface area contributed by atoms with Gasteiger partial charge < -0.3 is 24.6 Å². The van der Waals surface area contributed by atoms with Crippen LogP contribution in [0.15, 0.2) is 18.2 Å². The second-order valence-corrected chi connectivity index (χ2v) is 7.92. The third-order valence-corrected chi connectivity index (χ3v) is 4.98. The van der Waals surface area contributed by atoms with E-state index in [1.807, 2.05) is 12.1 Å². The van der Waals surface area contributed by atoms with Gasteiger partial charge in [0.2, 0.25) is 0 Å². The van der Waals surface area contributed by atoms with Crippen molar-refractivity contribution >= 4 is 5.91 Å². The molecular formula is C20H31N3O3. The quantitative estimate of drug-likeness (QED) is 0.747. The molecule has 0 bridgehead atoms. The molecule has 0 atom stereocenters. The largest absolute Gasteiger partial charge is 0.483 e. The number of fused-ring (bicyclic) bond motifs is 1. The zero-order chi connectivity index (χ0) is 18.6. The molecule has 0 aliphatic carbocycles. The summed E-state index contributed by atoms with van der Waals surface area (Å²) >= 11 is 0. The van der Waals surface area contributed by atoms with Crippen molar-refractivity contribution in [2.75, 3.05) is 52.9 Å². The lowest BCUT2D eigenvalue weighted by Gasteiger charge is -2.32. The van der Waals surface area contributed by atoms with Crippen molar-refractivity contribution in [3.8, 4) is 11.5 Å². The molecule has 1 aromatic carbocycles. The maximum atomic E-state index is 12.0. The van der Waals surface area contributed by atoms with Gasteiger partial charge in [-0.2, -0.15) is 0 Å². The molecule has 0 aromatic heterocycles. The van der Waals surface area contributed by atoms with Gasteiger partial charge in [0, 0.05) is 44.7 Å². The Morgan fingerprint density at radius 3 is 2.81 bits per heavy atom. The van der Waals surface area contributed by atoms with Gasteiger partial charge >= 0.3 is 0 Å². The number of likely N-dealkylation sites (N-methyl/N-ethyl adjacent to an activating group) is 1. The van der Waals surface area contributed by atoms with E-state index in [-0.39, 0.29) is 18.1 Å². The van der Waals surface area contributed by atoms with Gasteiger partial charge in [0.15, 0.2) is 18.1 Å². The molecule has 0 unspecified atom stereocenters. The Morgan fingerprint density at radius 2 is 2.04 bits per heavy atom. The average molecular weight is 361 g/mol. The number of piperazine rings is 1. The number of nitrogens with zero attached hydrogens (tertiary/aromatic N) is 2. The molecule has 2 aliphatic heterocycles. The fraction of sp³-hybridized carbons (Fsp3) is 0.650. The minimum absolute atomic E-state index is 0.0226. The van der Waals surface area contributed by atoms with Gasteiger partial charge in [0.25, 0.3) is 5.91 Å². The van der Waals surface area contributed by atoms with Crippen molar-refractivity contribution in [2.24, 2.45) is 0 Å². The Labute approximate surface area is 156 Å². The number of amides is 1. The van der Waals surface area contributed by atoms with Crippen LogP contribution in [-0.2, 0) is 11.2 Å². The van der Waals surface area contributed by atoms with Crippen molar-refractivity contribution in [1.82, 2.24) is 15.1 Å². The summed E-state index contributed by atoms with van der Waals surface area (Å²) in [5, 5.41) is 2.94. The lowest BCUT2D eigenvalue weighted by molar-refractivity contribution is -0.123. The topological polar surface area (TPSA) is 54.0 Å². The second kappa shape index (κ2) is 8.27. The van der Waals surface area contributed by atoms with Gasteiger partial charge in [0.05, 0.1) is 0 Å². The van der Waals surface area contributed by atoms with E-state index in [9.17, 15) is 4.79 Å². The van der Waals surface area contributed by atoms with E-state index < -0.39 is 0 Å². The number of hydrogen-bond acceptors (Lipinski definition) is 5. The molecule has 1 amide bonds. The van der Waals surface area contributed by atoms with Crippen LogP contribution in [0, 0.1) is 0 Å². The van der Waals surface area contributed by atoms with E-state index in [1.54, 1.807) is 0 Å². The van der Waals surface area contributed by atoms with Crippen molar-refractivity contribution in [3.63, 3.8) is 0 Å². The number of rotatable bonds is 7. The Hall–Kier alpha value is -1.79. The molecule has 26 heavy (non-hydrogen) atoms. The summed E-state index contributed by atoms with van der Waals surface area (Å²) in [5.74, 6) is 1.35. The van der Waals surface area contributed by atoms with Crippen LogP contribution in [0.5, 0.6) is 11.5 Å². The van der Waals surface area contributed by atoms with Crippen LogP contribution in [0.4, 0.5) is 0 Å². The number of benzene rings is 1. The molecule has 2 aliphatic rings. The first-order valence-electron chi connectivity index (χ1n) is 9.54. The lowest BCUT2D eigenvalue weighted by atomic mass is 10.0. The number of nitrogens with one attached hydrogen (secondary N) is 1. The summed E-state index contributed by atoms with van der Waals surface area (Å²) in [6, 6.07) is 5.86. The Balaban J connectivity index is 1.36. The van der Waals surface area contributed by atoms with Gasteiger partial charge in [-0.3, -0.25) is 4.79 Å². The number of ether oxygens (including phenoxy) is 2. The third kappa shape index (κ3) is 5.11. The van der Waals surface area contributed by atoms with Gasteiger partial charge in [-0.05, 0) is 39.9 Å². The van der Waals surface area contributed by atoms with E-state index >= 15 is 0 Å². The maximum Gasteiger partial charge on any atom is 0.257 e. The first kappa shape index (κ1) is 19.0. The number of carbonyl (C=O) groups is 1. The molecule has 3 rings (SSSR count). The average Bonchev–Trinajstić information content (AvgIpc) is 2.93. The van der Waals surface area contributed by atoms with Crippen LogP contribution in [0.1, 0.15) is 25.8 Å². The molecular weight excluding hydrogens is 330 g/mol. The highest BCUT2D eigenvalue weighted by molar-refractivity contribution is 5.77. The van der Waals surface area contributed by atoms with Crippen molar-refractivity contribution in [2.45, 2.75) is 32.3 Å². The molecule has 1 N–H and O–H groups in total. The molecule has 6 heteroatoms. The smallest absolute Gasteiger partial charge is 0.257 e. The molecule has 6 nitrogen and oxygen atoms in total. The monoisotopic (exact) mass is 361 g/mol. The first-order valence-corrected chi connectivity index (χ1v) is 9.54. The summed E-state index contributed by atoms with van der Waals surface area (Å²) in [4.78, 5) is 16.8. The van der Waals surface area contributed by atoms with Gasteiger partial charge in [-0.25, -0.2) is 0 Å². The van der Waals surface area contributed by atoms with Gasteiger partial charge in [-0.15, -0.1) is 0 Å². The number of carbonyl (C=O) groups excluding carboxylic acids is 1. The second-order valence-electron chi connectivity index (χ2n) is 7.92. The van der Waals surface area contributed by atoms with E-state index in [2.05, 4.69) is 42.1 Å². The third-order valence-electron chi connectivity index (χ3n) is 4.98. The molecule has 1 aromatic rings. The maximum absolute atomic E-state index is 12.0. The SMILES string of the molecule is CN1CCN(CCCNC(=O)COc2cccc3c2OC(C)(C)C3)CC1. The van der Waals surface area contributed by atoms with Crippen molar-refractivity contribution in [3.05, 3.63) is 23.8 Å². The van der Waals surface area contributed by atoms with Crippen LogP contribution < -0.4 is 14.8 Å². The number of hydrogen-bond donors (Lipinski definition) is 1. The van der Waals surface area contributed by atoms with Crippen LogP contribution in [0.25, 0.3) is 0 Å². The lowest BCUT2D eigenvalue weighted by Crippen LogP contribution is -2.45. The normalized spacial score (nSPS) is 19.7. The summed E-state index contributed by atoms with van der Waals surface area (Å²) in [6.07, 6.45) is 1.82. The molecule has 2 heterocycles. The van der Waals surface area contributed by atoms with Crippen molar-refractivity contribution in [1.29, 1.82) is 0 Å². The van der Waals surface area contributed by atoms with Gasteiger partial charge in [0.1, 0.15) is 5.60 Å². The summed E-state index contributed by atoms with van der Waals surface area (Å²) in [7, 11) is 2.16. The summed E-state index contributed by atoms with van der Waals surface area (Å²) in [6.45, 7) is 10.3. The predicted molar refractivity (Wildman–Crippen MR) is 102 cm³/mol. The van der Waals surface area contributed by atoms with E-state index in [0.29, 0.717) is 12.3 Å². The van der Waals surface area contributed by atoms with E-state index in [0.717, 1.165) is 56.9 Å². The van der Waals surface area contributed by atoms with Crippen molar-refractivity contribution < 1.29 is 14.3 Å². The van der Waals surface area contributed by atoms with Crippen LogP contribution in [0.2, 0.25) is 0 Å². The van der Waals surface area contributed by atoms with Crippen LogP contribution in [-0.4, -0.2) is 74.2 Å². The Bertz CT molecular complexity index is 625. The summed E-state index contributed by atoms with van der Waals surface area (Å²) < 4.78 is 11.7. The highest BCUT2D eigenvalue weighted by Crippen LogP contribution is 2.41. The molecule has 0 radical (unpaired) electrons. The van der Waals surface area contributed by atoms with Crippen LogP contribution >= 0.6 is 0 Å². The fourth-order valence-electron chi connectivity index (χ4n) is 3.50. The highest BCUT2D eigenvalue weighted by atomic mass is 16.5. The highest BCUT2D eigenvalue weighted by Gasteiger charge is 2.32. The standard InChI is InChI=1S/C20H31N3O3/c1-20(2)14-16-6-4-7-17(19(16)26-20)25-15-18(24)21-8-5-9-23-12-10-22(3)11-13-23/h4,6-7H,5,8-15H2,1-3H3,(H,21,24). The minimum Gasteiger partial charge on any atom is -0.483 e. The number of para-hydroxylation sites is 1. The Kier molecular flexibility index (Phi) is 6.04. The summed E-state index contributed by atoms with van der Waals surface area (Å²) in [5.41, 5.74) is 0.924. The van der Waals surface area contributed by atoms with Crippen LogP contribution in [0.3, 0.4) is 0 Å². The fourth-order valence-corrected chi connectivity index (χ4v) is 3.50. The molecule has 1 fully saturated rings.